The van der Waals surface area contributed by atoms with Crippen molar-refractivity contribution in [1.29, 1.82) is 0 Å². The molecule has 0 spiro atoms. The second kappa shape index (κ2) is 3.92. The van der Waals surface area contributed by atoms with Crippen LogP contribution in [0.3, 0.4) is 0 Å². The molecule has 5 nitrogen and oxygen atoms in total. The van der Waals surface area contributed by atoms with Crippen molar-refractivity contribution in [3.05, 3.63) is 0 Å². The lowest BCUT2D eigenvalue weighted by Crippen LogP contribution is -2.40. The van der Waals surface area contributed by atoms with Crippen molar-refractivity contribution < 1.29 is 23.8 Å². The van der Waals surface area contributed by atoms with E-state index < -0.39 is 29.9 Å². The van der Waals surface area contributed by atoms with Gasteiger partial charge in [0.1, 0.15) is 5.60 Å². The average Bonchev–Trinajstić information content (AvgIpc) is 2.46. The molecule has 6 heteroatoms. The Balaban J connectivity index is 2.60. The van der Waals surface area contributed by atoms with Crippen molar-refractivity contribution in [3.8, 4) is 0 Å². The van der Waals surface area contributed by atoms with Crippen LogP contribution in [0.5, 0.6) is 0 Å². The van der Waals surface area contributed by atoms with Gasteiger partial charge in [-0.15, -0.1) is 0 Å². The zero-order chi connectivity index (χ0) is 12.6. The Labute approximate surface area is 93.2 Å². The number of ether oxygens (including phenoxy) is 1. The molecule has 0 bridgehead atoms. The van der Waals surface area contributed by atoms with E-state index in [4.69, 9.17) is 9.84 Å². The number of carbonyl (C=O) groups excluding carboxylic acids is 1. The largest absolute Gasteiger partial charge is 0.479 e. The Hall–Kier alpha value is -1.33. The standard InChI is InChI=1S/C10H16FNO4/c1-9(2,3)16-8(15)12-5-4-10(11,6-12)7(13)14/h4-6H2,1-3H3,(H,13,14)/t10-/m0/s1. The summed E-state index contributed by atoms with van der Waals surface area (Å²) in [5.74, 6) is -1.53. The zero-order valence-electron chi connectivity index (χ0n) is 9.62. The maximum Gasteiger partial charge on any atom is 0.410 e. The van der Waals surface area contributed by atoms with E-state index in [0.29, 0.717) is 0 Å². The minimum absolute atomic E-state index is 0.0672. The summed E-state index contributed by atoms with van der Waals surface area (Å²) < 4.78 is 18.7. The molecule has 1 atom stereocenters. The third kappa shape index (κ3) is 2.84. The molecule has 1 aliphatic rings. The van der Waals surface area contributed by atoms with Gasteiger partial charge >= 0.3 is 12.1 Å². The van der Waals surface area contributed by atoms with Crippen LogP contribution in [0, 0.1) is 0 Å². The highest BCUT2D eigenvalue weighted by molar-refractivity contribution is 5.80. The van der Waals surface area contributed by atoms with Crippen molar-refractivity contribution in [1.82, 2.24) is 4.90 Å². The van der Waals surface area contributed by atoms with Gasteiger partial charge in [-0.05, 0) is 20.8 Å². The summed E-state index contributed by atoms with van der Waals surface area (Å²) in [6, 6.07) is 0. The molecule has 1 amide bonds. The first kappa shape index (κ1) is 12.7. The summed E-state index contributed by atoms with van der Waals surface area (Å²) in [7, 11) is 0. The van der Waals surface area contributed by atoms with Crippen LogP contribution < -0.4 is 0 Å². The Morgan fingerprint density at radius 2 is 2.00 bits per heavy atom. The molecule has 1 rings (SSSR count). The number of aliphatic carboxylic acids is 1. The minimum atomic E-state index is -2.34. The molecule has 16 heavy (non-hydrogen) atoms. The Bertz CT molecular complexity index is 312. The highest BCUT2D eigenvalue weighted by Gasteiger charge is 2.47. The first-order chi connectivity index (χ1) is 7.14. The molecule has 0 aliphatic carbocycles. The predicted octanol–water partition coefficient (Wildman–Crippen LogP) is 1.42. The number of hydrogen-bond acceptors (Lipinski definition) is 3. The fourth-order valence-corrected chi connectivity index (χ4v) is 1.43. The first-order valence-corrected chi connectivity index (χ1v) is 5.04. The lowest BCUT2D eigenvalue weighted by molar-refractivity contribution is -0.149. The van der Waals surface area contributed by atoms with Crippen LogP contribution in [0.4, 0.5) is 9.18 Å². The summed E-state index contributed by atoms with van der Waals surface area (Å²) in [5, 5.41) is 8.65. The lowest BCUT2D eigenvalue weighted by atomic mass is 10.1. The van der Waals surface area contributed by atoms with Crippen LogP contribution in [0.1, 0.15) is 27.2 Å². The van der Waals surface area contributed by atoms with Gasteiger partial charge in [0.15, 0.2) is 0 Å². The van der Waals surface area contributed by atoms with E-state index in [9.17, 15) is 14.0 Å². The normalized spacial score (nSPS) is 25.6. The third-order valence-corrected chi connectivity index (χ3v) is 2.25. The van der Waals surface area contributed by atoms with E-state index >= 15 is 0 Å². The number of likely N-dealkylation sites (tertiary alicyclic amines) is 1. The van der Waals surface area contributed by atoms with Gasteiger partial charge in [0.2, 0.25) is 5.67 Å². The SMILES string of the molecule is CC(C)(C)OC(=O)N1CC[C@@](F)(C(=O)O)C1. The summed E-state index contributed by atoms with van der Waals surface area (Å²) >= 11 is 0. The van der Waals surface area contributed by atoms with Gasteiger partial charge in [-0.3, -0.25) is 0 Å². The van der Waals surface area contributed by atoms with Crippen molar-refractivity contribution in [3.63, 3.8) is 0 Å². The molecular weight excluding hydrogens is 217 g/mol. The summed E-state index contributed by atoms with van der Waals surface area (Å²) in [5.41, 5.74) is -3.00. The third-order valence-electron chi connectivity index (χ3n) is 2.25. The van der Waals surface area contributed by atoms with Crippen LogP contribution in [0.15, 0.2) is 0 Å². The number of nitrogens with zero attached hydrogens (tertiary/aromatic N) is 1. The fourth-order valence-electron chi connectivity index (χ4n) is 1.43. The van der Waals surface area contributed by atoms with E-state index in [1.165, 1.54) is 0 Å². The summed E-state index contributed by atoms with van der Waals surface area (Å²) in [4.78, 5) is 23.2. The second-order valence-corrected chi connectivity index (χ2v) is 4.92. The second-order valence-electron chi connectivity index (χ2n) is 4.92. The van der Waals surface area contributed by atoms with Gasteiger partial charge in [0.25, 0.3) is 0 Å². The van der Waals surface area contributed by atoms with Crippen LogP contribution >= 0.6 is 0 Å². The zero-order valence-corrected chi connectivity index (χ0v) is 9.62. The molecule has 0 aromatic rings. The maximum absolute atomic E-state index is 13.6. The van der Waals surface area contributed by atoms with E-state index in [0.717, 1.165) is 4.90 Å². The van der Waals surface area contributed by atoms with E-state index in [1.54, 1.807) is 20.8 Å². The van der Waals surface area contributed by atoms with Gasteiger partial charge in [-0.2, -0.15) is 0 Å². The number of carboxylic acids is 1. The molecule has 1 N–H and O–H groups in total. The maximum atomic E-state index is 13.6. The number of halogens is 1. The number of alkyl halides is 1. The monoisotopic (exact) mass is 233 g/mol. The van der Waals surface area contributed by atoms with Gasteiger partial charge in [0.05, 0.1) is 6.54 Å². The fraction of sp³-hybridized carbons (Fsp3) is 0.800. The molecule has 0 radical (unpaired) electrons. The van der Waals surface area contributed by atoms with Crippen molar-refractivity contribution in [2.45, 2.75) is 38.5 Å². The van der Waals surface area contributed by atoms with Crippen LogP contribution in [0.25, 0.3) is 0 Å². The smallest absolute Gasteiger partial charge is 0.410 e. The molecular formula is C10H16FNO4. The van der Waals surface area contributed by atoms with Gasteiger partial charge < -0.3 is 14.7 Å². The number of amides is 1. The topological polar surface area (TPSA) is 66.8 Å². The highest BCUT2D eigenvalue weighted by atomic mass is 19.1. The quantitative estimate of drug-likeness (QED) is 0.743. The van der Waals surface area contributed by atoms with E-state index in [2.05, 4.69) is 0 Å². The number of carbonyl (C=O) groups is 2. The molecule has 1 fully saturated rings. The Kier molecular flexibility index (Phi) is 3.12. The molecule has 0 aromatic heterocycles. The molecule has 1 heterocycles. The van der Waals surface area contributed by atoms with Crippen LogP contribution in [-0.4, -0.2) is 46.4 Å². The summed E-state index contributed by atoms with van der Waals surface area (Å²) in [6.07, 6.45) is -0.866. The van der Waals surface area contributed by atoms with Crippen molar-refractivity contribution in [2.75, 3.05) is 13.1 Å². The first-order valence-electron chi connectivity index (χ1n) is 5.04. The van der Waals surface area contributed by atoms with Crippen molar-refractivity contribution >= 4 is 12.1 Å². The number of carboxylic acid groups (broad SMARTS) is 1. The van der Waals surface area contributed by atoms with Crippen LogP contribution in [0.2, 0.25) is 0 Å². The molecule has 92 valence electrons. The molecule has 0 aromatic carbocycles. The Morgan fingerprint density at radius 3 is 2.38 bits per heavy atom. The average molecular weight is 233 g/mol. The van der Waals surface area contributed by atoms with Gasteiger partial charge in [0, 0.05) is 13.0 Å². The molecule has 1 saturated heterocycles. The number of hydrogen-bond donors (Lipinski definition) is 1. The van der Waals surface area contributed by atoms with Gasteiger partial charge in [-0.1, -0.05) is 0 Å². The van der Waals surface area contributed by atoms with Crippen LogP contribution in [-0.2, 0) is 9.53 Å². The summed E-state index contributed by atoms with van der Waals surface area (Å²) in [6.45, 7) is 4.71. The van der Waals surface area contributed by atoms with E-state index in [1.807, 2.05) is 0 Å². The van der Waals surface area contributed by atoms with Gasteiger partial charge in [-0.25, -0.2) is 14.0 Å². The highest BCUT2D eigenvalue weighted by Crippen LogP contribution is 2.27. The molecule has 0 unspecified atom stereocenters. The van der Waals surface area contributed by atoms with Crippen molar-refractivity contribution in [2.24, 2.45) is 0 Å². The number of rotatable bonds is 1. The predicted molar refractivity (Wildman–Crippen MR) is 53.9 cm³/mol. The minimum Gasteiger partial charge on any atom is -0.479 e. The Morgan fingerprint density at radius 1 is 1.44 bits per heavy atom. The van der Waals surface area contributed by atoms with E-state index in [-0.39, 0.29) is 13.0 Å². The molecule has 0 saturated carbocycles. The molecule has 1 aliphatic heterocycles. The lowest BCUT2D eigenvalue weighted by Gasteiger charge is -2.24.